The summed E-state index contributed by atoms with van der Waals surface area (Å²) in [5.74, 6) is -0.166. The molecule has 0 aliphatic heterocycles. The molecule has 0 atom stereocenters. The third-order valence-corrected chi connectivity index (χ3v) is 4.46. The lowest BCUT2D eigenvalue weighted by molar-refractivity contribution is -0.122. The van der Waals surface area contributed by atoms with Crippen LogP contribution in [0.15, 0.2) is 48.5 Å². The number of nitrogens with one attached hydrogen (secondary N) is 3. The highest BCUT2D eigenvalue weighted by atomic mass is 16.3. The van der Waals surface area contributed by atoms with Crippen LogP contribution < -0.4 is 16.0 Å². The van der Waals surface area contributed by atoms with Gasteiger partial charge in [0.15, 0.2) is 0 Å². The summed E-state index contributed by atoms with van der Waals surface area (Å²) in [6, 6.07) is 14.5. The number of carbonyl (C=O) groups excluding carboxylic acids is 2. The first-order chi connectivity index (χ1) is 13.5. The van der Waals surface area contributed by atoms with Crippen LogP contribution in [0.25, 0.3) is 0 Å². The predicted octanol–water partition coefficient (Wildman–Crippen LogP) is 4.06. The van der Waals surface area contributed by atoms with Crippen molar-refractivity contribution in [3.63, 3.8) is 0 Å². The maximum atomic E-state index is 12.2. The molecule has 0 bridgehead atoms. The standard InChI is InChI=1S/C23H31N3O3/c1-22(2,3)17-8-12-19(13-9-17)25-21(29)24-18-10-6-16(7-11-18)14-20(28)26-23(4,5)15-27/h6-13,27H,14-15H2,1-5H3,(H,26,28)(H2,24,25,29). The number of hydrogen-bond donors (Lipinski definition) is 4. The molecule has 2 aromatic rings. The molecule has 0 saturated carbocycles. The second-order valence-electron chi connectivity index (χ2n) is 8.87. The molecule has 0 aromatic heterocycles. The van der Waals surface area contributed by atoms with Crippen molar-refractivity contribution >= 4 is 23.3 Å². The van der Waals surface area contributed by atoms with E-state index in [0.29, 0.717) is 5.69 Å². The smallest absolute Gasteiger partial charge is 0.323 e. The monoisotopic (exact) mass is 397 g/mol. The minimum Gasteiger partial charge on any atom is -0.394 e. The second kappa shape index (κ2) is 9.09. The number of aliphatic hydroxyl groups excluding tert-OH is 1. The minimum atomic E-state index is -0.651. The molecule has 4 N–H and O–H groups in total. The maximum absolute atomic E-state index is 12.2. The Morgan fingerprint density at radius 2 is 1.31 bits per heavy atom. The van der Waals surface area contributed by atoms with Crippen LogP contribution in [0, 0.1) is 0 Å². The predicted molar refractivity (Wildman–Crippen MR) is 117 cm³/mol. The molecule has 6 heteroatoms. The number of hydrogen-bond acceptors (Lipinski definition) is 3. The van der Waals surface area contributed by atoms with E-state index in [1.807, 2.05) is 24.3 Å². The van der Waals surface area contributed by atoms with Crippen LogP contribution in [-0.2, 0) is 16.6 Å². The van der Waals surface area contributed by atoms with Crippen molar-refractivity contribution in [3.8, 4) is 0 Å². The SMILES string of the molecule is CC(C)(CO)NC(=O)Cc1ccc(NC(=O)Nc2ccc(C(C)(C)C)cc2)cc1. The highest BCUT2D eigenvalue weighted by Gasteiger charge is 2.19. The first-order valence-electron chi connectivity index (χ1n) is 9.68. The van der Waals surface area contributed by atoms with Gasteiger partial charge in [-0.25, -0.2) is 4.79 Å². The molecule has 2 rings (SSSR count). The number of anilines is 2. The Hall–Kier alpha value is -2.86. The average Bonchev–Trinajstić information content (AvgIpc) is 2.62. The molecule has 0 unspecified atom stereocenters. The molecular weight excluding hydrogens is 366 g/mol. The highest BCUT2D eigenvalue weighted by molar-refractivity contribution is 5.99. The van der Waals surface area contributed by atoms with E-state index < -0.39 is 5.54 Å². The van der Waals surface area contributed by atoms with Crippen molar-refractivity contribution in [2.75, 3.05) is 17.2 Å². The van der Waals surface area contributed by atoms with E-state index in [9.17, 15) is 14.7 Å². The Balaban J connectivity index is 1.89. The summed E-state index contributed by atoms with van der Waals surface area (Å²) in [6.45, 7) is 9.81. The van der Waals surface area contributed by atoms with Crippen LogP contribution >= 0.6 is 0 Å². The summed E-state index contributed by atoms with van der Waals surface area (Å²) in [5.41, 5.74) is 2.78. The van der Waals surface area contributed by atoms with E-state index >= 15 is 0 Å². The Morgan fingerprint density at radius 1 is 0.828 bits per heavy atom. The second-order valence-corrected chi connectivity index (χ2v) is 8.87. The topological polar surface area (TPSA) is 90.5 Å². The van der Waals surface area contributed by atoms with Gasteiger partial charge in [0.05, 0.1) is 18.6 Å². The zero-order chi connectivity index (χ0) is 21.7. The van der Waals surface area contributed by atoms with E-state index in [0.717, 1.165) is 11.3 Å². The quantitative estimate of drug-likeness (QED) is 0.592. The fourth-order valence-electron chi connectivity index (χ4n) is 2.70. The largest absolute Gasteiger partial charge is 0.394 e. The zero-order valence-electron chi connectivity index (χ0n) is 17.8. The van der Waals surface area contributed by atoms with Gasteiger partial charge in [-0.05, 0) is 54.7 Å². The van der Waals surface area contributed by atoms with Gasteiger partial charge in [0.2, 0.25) is 5.91 Å². The Bertz CT molecular complexity index is 835. The summed E-state index contributed by atoms with van der Waals surface area (Å²) in [6.07, 6.45) is 0.204. The third kappa shape index (κ3) is 7.23. The molecule has 0 aliphatic rings. The molecule has 0 radical (unpaired) electrons. The summed E-state index contributed by atoms with van der Waals surface area (Å²) in [7, 11) is 0. The van der Waals surface area contributed by atoms with Gasteiger partial charge < -0.3 is 21.1 Å². The lowest BCUT2D eigenvalue weighted by atomic mass is 9.87. The van der Waals surface area contributed by atoms with Crippen LogP contribution in [-0.4, -0.2) is 29.2 Å². The molecule has 3 amide bonds. The van der Waals surface area contributed by atoms with E-state index in [-0.39, 0.29) is 30.4 Å². The van der Waals surface area contributed by atoms with Crippen LogP contribution in [0.5, 0.6) is 0 Å². The fourth-order valence-corrected chi connectivity index (χ4v) is 2.70. The van der Waals surface area contributed by atoms with Gasteiger partial charge in [0.1, 0.15) is 0 Å². The molecule has 156 valence electrons. The van der Waals surface area contributed by atoms with Gasteiger partial charge in [-0.2, -0.15) is 0 Å². The number of carbonyl (C=O) groups is 2. The average molecular weight is 398 g/mol. The lowest BCUT2D eigenvalue weighted by Crippen LogP contribution is -2.46. The number of amides is 3. The van der Waals surface area contributed by atoms with Crippen LogP contribution in [0.1, 0.15) is 45.7 Å². The van der Waals surface area contributed by atoms with Crippen molar-refractivity contribution < 1.29 is 14.7 Å². The molecule has 0 aliphatic carbocycles. The molecule has 0 spiro atoms. The van der Waals surface area contributed by atoms with Gasteiger partial charge in [0.25, 0.3) is 0 Å². The van der Waals surface area contributed by atoms with Crippen molar-refractivity contribution in [1.82, 2.24) is 5.32 Å². The molecule has 0 heterocycles. The number of rotatable bonds is 6. The van der Waals surface area contributed by atoms with E-state index in [1.54, 1.807) is 38.1 Å². The first-order valence-corrected chi connectivity index (χ1v) is 9.68. The molecule has 2 aromatic carbocycles. The summed E-state index contributed by atoms with van der Waals surface area (Å²) in [4.78, 5) is 24.2. The Labute approximate surface area is 172 Å². The Kier molecular flexibility index (Phi) is 7.03. The molecule has 6 nitrogen and oxygen atoms in total. The maximum Gasteiger partial charge on any atom is 0.323 e. The lowest BCUT2D eigenvalue weighted by Gasteiger charge is -2.23. The van der Waals surface area contributed by atoms with Crippen molar-refractivity contribution in [2.24, 2.45) is 0 Å². The van der Waals surface area contributed by atoms with E-state index in [4.69, 9.17) is 0 Å². The van der Waals surface area contributed by atoms with Crippen molar-refractivity contribution in [2.45, 2.75) is 52.0 Å². The van der Waals surface area contributed by atoms with E-state index in [2.05, 4.69) is 36.7 Å². The summed E-state index contributed by atoms with van der Waals surface area (Å²) < 4.78 is 0. The van der Waals surface area contributed by atoms with Gasteiger partial charge in [-0.3, -0.25) is 4.79 Å². The molecular formula is C23H31N3O3. The molecule has 0 fully saturated rings. The molecule has 29 heavy (non-hydrogen) atoms. The van der Waals surface area contributed by atoms with E-state index in [1.165, 1.54) is 5.56 Å². The van der Waals surface area contributed by atoms with Crippen molar-refractivity contribution in [1.29, 1.82) is 0 Å². The van der Waals surface area contributed by atoms with Gasteiger partial charge >= 0.3 is 6.03 Å². The zero-order valence-corrected chi connectivity index (χ0v) is 17.8. The number of benzene rings is 2. The van der Waals surface area contributed by atoms with Crippen LogP contribution in [0.4, 0.5) is 16.2 Å². The molecule has 0 saturated heterocycles. The highest BCUT2D eigenvalue weighted by Crippen LogP contribution is 2.23. The number of urea groups is 1. The first kappa shape index (κ1) is 22.4. The van der Waals surface area contributed by atoms with Gasteiger partial charge in [0, 0.05) is 11.4 Å². The van der Waals surface area contributed by atoms with Gasteiger partial charge in [-0.1, -0.05) is 45.0 Å². The fraction of sp³-hybridized carbons (Fsp3) is 0.391. The van der Waals surface area contributed by atoms with Crippen LogP contribution in [0.3, 0.4) is 0 Å². The number of aliphatic hydroxyl groups is 1. The van der Waals surface area contributed by atoms with Gasteiger partial charge in [-0.15, -0.1) is 0 Å². The minimum absolute atomic E-state index is 0.0628. The summed E-state index contributed by atoms with van der Waals surface area (Å²) in [5, 5.41) is 17.6. The third-order valence-electron chi connectivity index (χ3n) is 4.46. The van der Waals surface area contributed by atoms with Crippen LogP contribution in [0.2, 0.25) is 0 Å². The normalized spacial score (nSPS) is 11.7. The van der Waals surface area contributed by atoms with Crippen molar-refractivity contribution in [3.05, 3.63) is 59.7 Å². The summed E-state index contributed by atoms with van der Waals surface area (Å²) >= 11 is 0. The Morgan fingerprint density at radius 3 is 1.76 bits per heavy atom.